The van der Waals surface area contributed by atoms with Crippen molar-refractivity contribution in [1.82, 2.24) is 0 Å². The van der Waals surface area contributed by atoms with E-state index in [0.29, 0.717) is 0 Å². The molecule has 0 nitrogen and oxygen atoms in total. The summed E-state index contributed by atoms with van der Waals surface area (Å²) in [5.41, 5.74) is 0.883. The zero-order valence-corrected chi connectivity index (χ0v) is 10.0. The third-order valence-corrected chi connectivity index (χ3v) is 3.38. The van der Waals surface area contributed by atoms with Gasteiger partial charge in [-0.1, -0.05) is 17.7 Å². The maximum atomic E-state index is 12.9. The van der Waals surface area contributed by atoms with Gasteiger partial charge in [0.1, 0.15) is 0 Å². The Morgan fingerprint density at radius 3 is 1.93 bits per heavy atom. The topological polar surface area (TPSA) is 0 Å². The minimum Gasteiger partial charge on any atom is -0.186 e. The van der Waals surface area contributed by atoms with E-state index < -0.39 is 10.1 Å². The zero-order valence-electron chi connectivity index (χ0n) is 7.61. The number of alkyl halides is 5. The molecule has 0 aliphatic rings. The van der Waals surface area contributed by atoms with Crippen LogP contribution in [-0.2, 0) is 0 Å². The minimum atomic E-state index is -4.21. The van der Waals surface area contributed by atoms with Gasteiger partial charge in [0.05, 0.1) is 0 Å². The van der Waals surface area contributed by atoms with Crippen LogP contribution in [0.5, 0.6) is 0 Å². The van der Waals surface area contributed by atoms with E-state index in [0.717, 1.165) is 5.56 Å². The second-order valence-corrected chi connectivity index (χ2v) is 5.11. The molecule has 1 aromatic carbocycles. The number of benzene rings is 1. The summed E-state index contributed by atoms with van der Waals surface area (Å²) < 4.78 is 50.6. The van der Waals surface area contributed by atoms with Gasteiger partial charge >= 0.3 is 10.1 Å². The SMILES string of the molecule is Cc1ccc(SC(F)(F)C(F)(F)Br)cc1. The highest BCUT2D eigenvalue weighted by Crippen LogP contribution is 2.49. The average Bonchev–Trinajstić information content (AvgIpc) is 2.06. The third-order valence-electron chi connectivity index (χ3n) is 1.60. The number of aryl methyl sites for hydroxylation is 1. The number of hydrogen-bond donors (Lipinski definition) is 0. The van der Waals surface area contributed by atoms with E-state index >= 15 is 0 Å². The predicted molar refractivity (Wildman–Crippen MR) is 55.9 cm³/mol. The Balaban J connectivity index is 2.82. The molecule has 1 aromatic rings. The monoisotopic (exact) mass is 302 g/mol. The highest BCUT2D eigenvalue weighted by Gasteiger charge is 2.55. The van der Waals surface area contributed by atoms with Crippen LogP contribution in [0.25, 0.3) is 0 Å². The van der Waals surface area contributed by atoms with Gasteiger partial charge in [0.2, 0.25) is 0 Å². The standard InChI is InChI=1S/C9H7BrF4S/c1-6-2-4-7(5-3-6)15-9(13,14)8(10,11)12/h2-5H,1H3. The molecule has 0 N–H and O–H groups in total. The van der Waals surface area contributed by atoms with Crippen molar-refractivity contribution in [3.8, 4) is 0 Å². The minimum absolute atomic E-state index is 0.102. The van der Waals surface area contributed by atoms with E-state index in [2.05, 4.69) is 0 Å². The average molecular weight is 303 g/mol. The van der Waals surface area contributed by atoms with Crippen molar-refractivity contribution in [3.63, 3.8) is 0 Å². The van der Waals surface area contributed by atoms with Crippen LogP contribution in [0.1, 0.15) is 5.56 Å². The summed E-state index contributed by atoms with van der Waals surface area (Å²) in [6, 6.07) is 5.94. The van der Waals surface area contributed by atoms with Gasteiger partial charge in [-0.2, -0.15) is 17.6 Å². The van der Waals surface area contributed by atoms with Crippen LogP contribution in [0, 0.1) is 6.92 Å². The lowest BCUT2D eigenvalue weighted by Crippen LogP contribution is -2.30. The second-order valence-electron chi connectivity index (χ2n) is 2.93. The highest BCUT2D eigenvalue weighted by molar-refractivity contribution is 9.10. The Labute approximate surface area is 97.2 Å². The first-order valence-electron chi connectivity index (χ1n) is 3.92. The Kier molecular flexibility index (Phi) is 3.71. The van der Waals surface area contributed by atoms with E-state index in [9.17, 15) is 17.6 Å². The Bertz CT molecular complexity index is 331. The van der Waals surface area contributed by atoms with E-state index in [-0.39, 0.29) is 16.7 Å². The molecule has 0 atom stereocenters. The number of rotatable bonds is 3. The molecule has 0 unspecified atom stereocenters. The molecule has 0 aliphatic carbocycles. The molecule has 0 radical (unpaired) electrons. The fourth-order valence-electron chi connectivity index (χ4n) is 0.812. The molecule has 1 rings (SSSR count). The van der Waals surface area contributed by atoms with Crippen LogP contribution in [0.3, 0.4) is 0 Å². The summed E-state index contributed by atoms with van der Waals surface area (Å²) >= 11 is 1.50. The summed E-state index contributed by atoms with van der Waals surface area (Å²) in [4.78, 5) is -4.11. The van der Waals surface area contributed by atoms with Gasteiger partial charge in [-0.3, -0.25) is 0 Å². The first-order chi connectivity index (χ1) is 6.72. The number of hydrogen-bond acceptors (Lipinski definition) is 1. The summed E-state index contributed by atoms with van der Waals surface area (Å²) in [6.45, 7) is 1.78. The van der Waals surface area contributed by atoms with Crippen molar-refractivity contribution in [2.75, 3.05) is 0 Å². The van der Waals surface area contributed by atoms with Gasteiger partial charge in [-0.25, -0.2) is 0 Å². The number of halogens is 5. The molecule has 0 saturated carbocycles. The van der Waals surface area contributed by atoms with Gasteiger partial charge < -0.3 is 0 Å². The van der Waals surface area contributed by atoms with E-state index in [1.165, 1.54) is 12.1 Å². The summed E-state index contributed by atoms with van der Waals surface area (Å²) in [6.07, 6.45) is 0. The normalized spacial score (nSPS) is 12.9. The van der Waals surface area contributed by atoms with Crippen molar-refractivity contribution in [2.24, 2.45) is 0 Å². The molecule has 0 saturated heterocycles. The van der Waals surface area contributed by atoms with Gasteiger partial charge in [-0.05, 0) is 46.7 Å². The lowest BCUT2D eigenvalue weighted by molar-refractivity contribution is -0.0779. The molecule has 0 aromatic heterocycles. The molecular formula is C9H7BrF4S. The van der Waals surface area contributed by atoms with Crippen LogP contribution in [0.2, 0.25) is 0 Å². The number of thioether (sulfide) groups is 1. The Morgan fingerprint density at radius 1 is 1.07 bits per heavy atom. The fraction of sp³-hybridized carbons (Fsp3) is 0.333. The lowest BCUT2D eigenvalue weighted by atomic mass is 10.2. The van der Waals surface area contributed by atoms with Gasteiger partial charge in [0.15, 0.2) is 0 Å². The van der Waals surface area contributed by atoms with Crippen LogP contribution < -0.4 is 0 Å². The molecule has 0 heterocycles. The zero-order chi connectivity index (χ0) is 11.7. The van der Waals surface area contributed by atoms with Crippen LogP contribution in [0.4, 0.5) is 17.6 Å². The van der Waals surface area contributed by atoms with Crippen molar-refractivity contribution in [3.05, 3.63) is 29.8 Å². The Morgan fingerprint density at radius 2 is 1.53 bits per heavy atom. The third kappa shape index (κ3) is 3.38. The van der Waals surface area contributed by atoms with Crippen LogP contribution in [-0.4, -0.2) is 10.1 Å². The molecule has 0 bridgehead atoms. The van der Waals surface area contributed by atoms with Crippen molar-refractivity contribution in [2.45, 2.75) is 21.9 Å². The molecule has 0 aliphatic heterocycles. The first-order valence-corrected chi connectivity index (χ1v) is 5.53. The van der Waals surface area contributed by atoms with Crippen molar-refractivity contribution < 1.29 is 17.6 Å². The van der Waals surface area contributed by atoms with Crippen LogP contribution in [0.15, 0.2) is 29.2 Å². The predicted octanol–water partition coefficient (Wildman–Crippen LogP) is 4.67. The van der Waals surface area contributed by atoms with E-state index in [1.54, 1.807) is 35.0 Å². The molecule has 0 fully saturated rings. The maximum Gasteiger partial charge on any atom is 0.373 e. The van der Waals surface area contributed by atoms with E-state index in [1.807, 2.05) is 0 Å². The van der Waals surface area contributed by atoms with Gasteiger partial charge in [0, 0.05) is 4.90 Å². The summed E-state index contributed by atoms with van der Waals surface area (Å²) in [7, 11) is 0. The van der Waals surface area contributed by atoms with Crippen molar-refractivity contribution >= 4 is 27.7 Å². The smallest absolute Gasteiger partial charge is 0.186 e. The maximum absolute atomic E-state index is 12.9. The van der Waals surface area contributed by atoms with Crippen molar-refractivity contribution in [1.29, 1.82) is 0 Å². The van der Waals surface area contributed by atoms with Crippen LogP contribution >= 0.6 is 27.7 Å². The molecule has 0 amide bonds. The fourth-order valence-corrected chi connectivity index (χ4v) is 1.74. The molecule has 15 heavy (non-hydrogen) atoms. The molecule has 0 spiro atoms. The first kappa shape index (κ1) is 12.8. The summed E-state index contributed by atoms with van der Waals surface area (Å²) in [5, 5.41) is -4.16. The largest absolute Gasteiger partial charge is 0.373 e. The summed E-state index contributed by atoms with van der Waals surface area (Å²) in [5.74, 6) is 0. The highest BCUT2D eigenvalue weighted by atomic mass is 79.9. The molecule has 6 heteroatoms. The van der Waals surface area contributed by atoms with Gasteiger partial charge in [0.25, 0.3) is 0 Å². The second kappa shape index (κ2) is 4.33. The Hall–Kier alpha value is -0.230. The van der Waals surface area contributed by atoms with E-state index in [4.69, 9.17) is 0 Å². The quantitative estimate of drug-likeness (QED) is 0.444. The molecule has 84 valence electrons. The molecular weight excluding hydrogens is 296 g/mol. The lowest BCUT2D eigenvalue weighted by Gasteiger charge is -2.20. The van der Waals surface area contributed by atoms with Gasteiger partial charge in [-0.15, -0.1) is 0 Å².